The molecule has 1 N–H and O–H groups in total. The second-order valence-electron chi connectivity index (χ2n) is 3.92. The molecule has 1 heterocycles. The molecule has 1 aromatic heterocycles. The molecule has 0 spiro atoms. The van der Waals surface area contributed by atoms with Crippen LogP contribution in [0.5, 0.6) is 0 Å². The Hall–Kier alpha value is -1.36. The van der Waals surface area contributed by atoms with Crippen molar-refractivity contribution in [1.29, 1.82) is 5.26 Å². The van der Waals surface area contributed by atoms with Crippen LogP contribution in [-0.4, -0.2) is 16.1 Å². The van der Waals surface area contributed by atoms with Gasteiger partial charge in [0.25, 0.3) is 0 Å². The highest BCUT2D eigenvalue weighted by molar-refractivity contribution is 9.10. The van der Waals surface area contributed by atoms with Crippen LogP contribution in [0.1, 0.15) is 16.1 Å². The highest BCUT2D eigenvalue weighted by Gasteiger charge is 2.13. The summed E-state index contributed by atoms with van der Waals surface area (Å²) in [6.45, 7) is 1.81. The van der Waals surface area contributed by atoms with Crippen molar-refractivity contribution in [2.75, 3.05) is 0 Å². The molecule has 1 aromatic carbocycles. The molecule has 4 nitrogen and oxygen atoms in total. The Kier molecular flexibility index (Phi) is 4.81. The number of aliphatic carboxylic acids is 1. The summed E-state index contributed by atoms with van der Waals surface area (Å²) in [4.78, 5) is 16.8. The van der Waals surface area contributed by atoms with Gasteiger partial charge in [-0.3, -0.25) is 4.79 Å². The molecular weight excluding hydrogens is 360 g/mol. The summed E-state index contributed by atoms with van der Waals surface area (Å²) in [6, 6.07) is 7.42. The van der Waals surface area contributed by atoms with E-state index in [1.807, 2.05) is 13.0 Å². The third-order valence-corrected chi connectivity index (χ3v) is 5.66. The Morgan fingerprint density at radius 2 is 2.35 bits per heavy atom. The van der Waals surface area contributed by atoms with Crippen molar-refractivity contribution in [3.05, 3.63) is 38.8 Å². The number of hydrogen-bond donors (Lipinski definition) is 1. The predicted molar refractivity (Wildman–Crippen MR) is 81.2 cm³/mol. The SMILES string of the molecule is Cc1nc(Sc2ccc(C#N)cc2Br)sc1CC(=O)O. The fourth-order valence-electron chi connectivity index (χ4n) is 1.49. The smallest absolute Gasteiger partial charge is 0.308 e. The highest BCUT2D eigenvalue weighted by Crippen LogP contribution is 2.37. The molecule has 0 unspecified atom stereocenters. The molecular formula is C13H9BrN2O2S2. The second-order valence-corrected chi connectivity index (χ2v) is 7.14. The van der Waals surface area contributed by atoms with Crippen LogP contribution in [0.25, 0.3) is 0 Å². The average Bonchev–Trinajstić information content (AvgIpc) is 2.71. The van der Waals surface area contributed by atoms with Crippen LogP contribution in [0.2, 0.25) is 0 Å². The van der Waals surface area contributed by atoms with E-state index in [9.17, 15) is 4.79 Å². The van der Waals surface area contributed by atoms with Crippen molar-refractivity contribution in [3.8, 4) is 6.07 Å². The van der Waals surface area contributed by atoms with Gasteiger partial charge in [-0.15, -0.1) is 11.3 Å². The van der Waals surface area contributed by atoms with Crippen molar-refractivity contribution >= 4 is 45.0 Å². The number of hydrogen-bond acceptors (Lipinski definition) is 5. The van der Waals surface area contributed by atoms with Gasteiger partial charge in [-0.2, -0.15) is 5.26 Å². The highest BCUT2D eigenvalue weighted by atomic mass is 79.9. The topological polar surface area (TPSA) is 74.0 Å². The number of aryl methyl sites for hydroxylation is 1. The second kappa shape index (κ2) is 6.39. The standard InChI is InChI=1S/C13H9BrN2O2S2/c1-7-11(5-12(17)18)20-13(16-7)19-10-3-2-8(6-15)4-9(10)14/h2-4H,5H2,1H3,(H,17,18). The normalized spacial score (nSPS) is 10.2. The Morgan fingerprint density at radius 1 is 1.60 bits per heavy atom. The fraction of sp³-hybridized carbons (Fsp3) is 0.154. The minimum Gasteiger partial charge on any atom is -0.481 e. The monoisotopic (exact) mass is 368 g/mol. The number of aromatic nitrogens is 1. The summed E-state index contributed by atoms with van der Waals surface area (Å²) in [7, 11) is 0. The third kappa shape index (κ3) is 3.60. The molecule has 0 atom stereocenters. The average molecular weight is 369 g/mol. The minimum absolute atomic E-state index is 0.00139. The Balaban J connectivity index is 2.22. The number of carboxylic acids is 1. The van der Waals surface area contributed by atoms with E-state index in [4.69, 9.17) is 10.4 Å². The number of rotatable bonds is 4. The van der Waals surface area contributed by atoms with Crippen LogP contribution < -0.4 is 0 Å². The van der Waals surface area contributed by atoms with Gasteiger partial charge in [-0.1, -0.05) is 11.8 Å². The van der Waals surface area contributed by atoms with Gasteiger partial charge < -0.3 is 5.11 Å². The molecule has 0 aliphatic heterocycles. The van der Waals surface area contributed by atoms with Gasteiger partial charge in [0.2, 0.25) is 0 Å². The zero-order chi connectivity index (χ0) is 14.7. The molecule has 7 heteroatoms. The fourth-order valence-corrected chi connectivity index (χ4v) is 4.30. The van der Waals surface area contributed by atoms with Crippen LogP contribution in [0.15, 0.2) is 31.9 Å². The summed E-state index contributed by atoms with van der Waals surface area (Å²) < 4.78 is 1.62. The number of thiazole rings is 1. The van der Waals surface area contributed by atoms with E-state index in [-0.39, 0.29) is 6.42 Å². The molecule has 0 bridgehead atoms. The van der Waals surface area contributed by atoms with E-state index in [1.165, 1.54) is 23.1 Å². The van der Waals surface area contributed by atoms with Gasteiger partial charge in [-0.25, -0.2) is 4.98 Å². The molecule has 0 amide bonds. The molecule has 0 aliphatic carbocycles. The molecule has 0 fully saturated rings. The Labute approximate surface area is 132 Å². The van der Waals surface area contributed by atoms with Crippen LogP contribution >= 0.6 is 39.0 Å². The largest absolute Gasteiger partial charge is 0.481 e. The Bertz CT molecular complexity index is 707. The number of nitriles is 1. The minimum atomic E-state index is -0.854. The van der Waals surface area contributed by atoms with E-state index >= 15 is 0 Å². The maximum atomic E-state index is 10.7. The number of benzene rings is 1. The lowest BCUT2D eigenvalue weighted by Gasteiger charge is -2.01. The van der Waals surface area contributed by atoms with Gasteiger partial charge in [-0.05, 0) is 41.1 Å². The summed E-state index contributed by atoms with van der Waals surface area (Å²) in [5.74, 6) is -0.854. The van der Waals surface area contributed by atoms with Gasteiger partial charge in [0.1, 0.15) is 0 Å². The van der Waals surface area contributed by atoms with Crippen LogP contribution in [0, 0.1) is 18.3 Å². The Morgan fingerprint density at radius 3 is 2.95 bits per heavy atom. The lowest BCUT2D eigenvalue weighted by molar-refractivity contribution is -0.136. The van der Waals surface area contributed by atoms with Gasteiger partial charge in [0.15, 0.2) is 4.34 Å². The van der Waals surface area contributed by atoms with Gasteiger partial charge >= 0.3 is 5.97 Å². The lowest BCUT2D eigenvalue weighted by Crippen LogP contribution is -1.99. The van der Waals surface area contributed by atoms with Crippen molar-refractivity contribution in [3.63, 3.8) is 0 Å². The summed E-state index contributed by atoms with van der Waals surface area (Å²) in [5, 5.41) is 17.6. The summed E-state index contributed by atoms with van der Waals surface area (Å²) >= 11 is 6.26. The number of carbonyl (C=O) groups is 1. The third-order valence-electron chi connectivity index (χ3n) is 2.44. The predicted octanol–water partition coefficient (Wildman–Crippen LogP) is 3.86. The molecule has 20 heavy (non-hydrogen) atoms. The van der Waals surface area contributed by atoms with Crippen molar-refractivity contribution in [2.45, 2.75) is 22.6 Å². The van der Waals surface area contributed by atoms with E-state index in [2.05, 4.69) is 27.0 Å². The van der Waals surface area contributed by atoms with Gasteiger partial charge in [0.05, 0.1) is 23.7 Å². The van der Waals surface area contributed by atoms with E-state index in [1.54, 1.807) is 12.1 Å². The number of carboxylic acid groups (broad SMARTS) is 1. The molecule has 2 aromatic rings. The molecule has 0 saturated heterocycles. The first kappa shape index (κ1) is 15.0. The molecule has 0 saturated carbocycles. The molecule has 102 valence electrons. The van der Waals surface area contributed by atoms with Crippen LogP contribution in [0.4, 0.5) is 0 Å². The maximum absolute atomic E-state index is 10.7. The number of halogens is 1. The van der Waals surface area contributed by atoms with Crippen molar-refractivity contribution in [2.24, 2.45) is 0 Å². The first-order chi connectivity index (χ1) is 9.49. The van der Waals surface area contributed by atoms with Crippen molar-refractivity contribution < 1.29 is 9.90 Å². The quantitative estimate of drug-likeness (QED) is 0.886. The lowest BCUT2D eigenvalue weighted by atomic mass is 10.2. The number of nitrogens with zero attached hydrogens (tertiary/aromatic N) is 2. The molecule has 0 radical (unpaired) electrons. The van der Waals surface area contributed by atoms with Crippen molar-refractivity contribution in [1.82, 2.24) is 4.98 Å². The van der Waals surface area contributed by atoms with E-state index in [0.717, 1.165) is 24.3 Å². The molecule has 2 rings (SSSR count). The molecule has 0 aliphatic rings. The zero-order valence-electron chi connectivity index (χ0n) is 10.4. The van der Waals surface area contributed by atoms with Crippen LogP contribution in [0.3, 0.4) is 0 Å². The van der Waals surface area contributed by atoms with E-state index in [0.29, 0.717) is 5.56 Å². The first-order valence-corrected chi connectivity index (χ1v) is 7.98. The van der Waals surface area contributed by atoms with E-state index < -0.39 is 5.97 Å². The summed E-state index contributed by atoms with van der Waals surface area (Å²) in [5.41, 5.74) is 1.34. The zero-order valence-corrected chi connectivity index (χ0v) is 13.6. The first-order valence-electron chi connectivity index (χ1n) is 5.55. The van der Waals surface area contributed by atoms with Crippen LogP contribution in [-0.2, 0) is 11.2 Å². The summed E-state index contributed by atoms with van der Waals surface area (Å²) in [6.07, 6.45) is -0.00139. The van der Waals surface area contributed by atoms with Gasteiger partial charge in [0, 0.05) is 14.2 Å². The maximum Gasteiger partial charge on any atom is 0.308 e.